The van der Waals surface area contributed by atoms with Gasteiger partial charge in [-0.2, -0.15) is 4.31 Å². The highest BCUT2D eigenvalue weighted by atomic mass is 32.2. The van der Waals surface area contributed by atoms with Gasteiger partial charge >= 0.3 is 0 Å². The summed E-state index contributed by atoms with van der Waals surface area (Å²) in [5.41, 5.74) is 0.289. The molecule has 0 bridgehead atoms. The number of hydrogen-bond acceptors (Lipinski definition) is 5. The molecule has 1 heterocycles. The quantitative estimate of drug-likeness (QED) is 0.773. The number of piperidine rings is 1. The first-order chi connectivity index (χ1) is 12.4. The normalized spacial score (nSPS) is 18.2. The Bertz CT molecular complexity index is 732. The Morgan fingerprint density at radius 3 is 2.62 bits per heavy atom. The fraction of sp³-hybridized carbons (Fsp3) is 0.611. The summed E-state index contributed by atoms with van der Waals surface area (Å²) in [6.07, 6.45) is 1.94. The maximum Gasteiger partial charge on any atom is 0.257 e. The molecular weight excluding hydrogens is 354 g/mol. The Morgan fingerprint density at radius 1 is 1.35 bits per heavy atom. The third-order valence-corrected chi connectivity index (χ3v) is 6.91. The van der Waals surface area contributed by atoms with E-state index in [4.69, 9.17) is 4.74 Å². The van der Waals surface area contributed by atoms with Crippen LogP contribution >= 0.6 is 0 Å². The zero-order chi connectivity index (χ0) is 19.3. The number of amides is 1. The monoisotopic (exact) mass is 383 g/mol. The fourth-order valence-corrected chi connectivity index (χ4v) is 4.78. The van der Waals surface area contributed by atoms with Gasteiger partial charge in [-0.1, -0.05) is 13.8 Å². The molecule has 1 aromatic carbocycles. The molecule has 2 rings (SSSR count). The highest BCUT2D eigenvalue weighted by Gasteiger charge is 2.28. The van der Waals surface area contributed by atoms with Gasteiger partial charge in [0.15, 0.2) is 0 Å². The van der Waals surface area contributed by atoms with Gasteiger partial charge in [-0.25, -0.2) is 8.42 Å². The molecule has 1 atom stereocenters. The minimum absolute atomic E-state index is 0.118. The third kappa shape index (κ3) is 4.19. The summed E-state index contributed by atoms with van der Waals surface area (Å²) >= 11 is 0. The summed E-state index contributed by atoms with van der Waals surface area (Å²) in [5.74, 6) is 0.193. The van der Waals surface area contributed by atoms with E-state index in [9.17, 15) is 13.2 Å². The van der Waals surface area contributed by atoms with Crippen molar-refractivity contribution in [2.75, 3.05) is 40.3 Å². The minimum Gasteiger partial charge on any atom is -0.496 e. The fourth-order valence-electron chi connectivity index (χ4n) is 3.29. The molecule has 1 aliphatic rings. The molecular formula is C18H29N3O4S. The number of likely N-dealkylation sites (N-methyl/N-ethyl adjacent to an activating group) is 1. The number of sulfonamides is 1. The van der Waals surface area contributed by atoms with E-state index in [0.717, 1.165) is 12.8 Å². The number of carbonyl (C=O) groups is 1. The van der Waals surface area contributed by atoms with Crippen LogP contribution in [0.15, 0.2) is 23.1 Å². The molecule has 1 aliphatic heterocycles. The topological polar surface area (TPSA) is 79.0 Å². The summed E-state index contributed by atoms with van der Waals surface area (Å²) in [6, 6.07) is 4.75. The maximum absolute atomic E-state index is 13.0. The number of hydrogen-bond donors (Lipinski definition) is 1. The van der Waals surface area contributed by atoms with E-state index in [-0.39, 0.29) is 22.4 Å². The van der Waals surface area contributed by atoms with Crippen LogP contribution in [-0.2, 0) is 10.0 Å². The molecule has 8 heteroatoms. The smallest absolute Gasteiger partial charge is 0.257 e. The third-order valence-electron chi connectivity index (χ3n) is 4.86. The number of likely N-dealkylation sites (tertiary alicyclic amines) is 1. The Hall–Kier alpha value is -1.64. The van der Waals surface area contributed by atoms with Crippen LogP contribution in [0.2, 0.25) is 0 Å². The van der Waals surface area contributed by atoms with Crippen molar-refractivity contribution in [2.24, 2.45) is 0 Å². The lowest BCUT2D eigenvalue weighted by molar-refractivity contribution is 0.0694. The zero-order valence-corrected chi connectivity index (χ0v) is 16.8. The molecule has 1 saturated heterocycles. The number of nitrogens with zero attached hydrogens (tertiary/aromatic N) is 2. The number of ether oxygens (including phenoxy) is 1. The average Bonchev–Trinajstić information content (AvgIpc) is 2.67. The van der Waals surface area contributed by atoms with E-state index in [2.05, 4.69) is 5.32 Å². The van der Waals surface area contributed by atoms with Crippen LogP contribution in [0.1, 0.15) is 37.0 Å². The van der Waals surface area contributed by atoms with Gasteiger partial charge < -0.3 is 15.0 Å². The van der Waals surface area contributed by atoms with Crippen LogP contribution in [-0.4, -0.2) is 69.9 Å². The van der Waals surface area contributed by atoms with Gasteiger partial charge in [0.1, 0.15) is 5.75 Å². The van der Waals surface area contributed by atoms with Gasteiger partial charge in [0.05, 0.1) is 17.6 Å². The molecule has 0 aliphatic carbocycles. The molecule has 1 N–H and O–H groups in total. The van der Waals surface area contributed by atoms with Crippen LogP contribution in [0.3, 0.4) is 0 Å². The molecule has 0 saturated carbocycles. The Labute approximate surface area is 156 Å². The van der Waals surface area contributed by atoms with Crippen molar-refractivity contribution < 1.29 is 17.9 Å². The van der Waals surface area contributed by atoms with E-state index in [1.54, 1.807) is 24.8 Å². The first-order valence-electron chi connectivity index (χ1n) is 9.03. The zero-order valence-electron chi connectivity index (χ0n) is 16.0. The Morgan fingerprint density at radius 2 is 2.04 bits per heavy atom. The summed E-state index contributed by atoms with van der Waals surface area (Å²) < 4.78 is 32.3. The van der Waals surface area contributed by atoms with Crippen LogP contribution in [0.25, 0.3) is 0 Å². The molecule has 1 aromatic rings. The van der Waals surface area contributed by atoms with Crippen LogP contribution in [0.4, 0.5) is 0 Å². The molecule has 1 fully saturated rings. The van der Waals surface area contributed by atoms with Gasteiger partial charge in [0.2, 0.25) is 10.0 Å². The van der Waals surface area contributed by atoms with Crippen molar-refractivity contribution in [3.05, 3.63) is 23.8 Å². The van der Waals surface area contributed by atoms with E-state index in [0.29, 0.717) is 31.9 Å². The number of carbonyl (C=O) groups excluding carboxylic acids is 1. The number of benzene rings is 1. The summed E-state index contributed by atoms with van der Waals surface area (Å²) in [7, 11) is -0.265. The van der Waals surface area contributed by atoms with E-state index >= 15 is 0 Å². The number of nitrogens with one attached hydrogen (secondary N) is 1. The SMILES string of the molecule is CCN(CC)S(=O)(=O)c1ccc(OC)c(C(=O)N2CCCC(NC)C2)c1. The van der Waals surface area contributed by atoms with Gasteiger partial charge in [0, 0.05) is 32.2 Å². The van der Waals surface area contributed by atoms with E-state index in [1.807, 2.05) is 7.05 Å². The van der Waals surface area contributed by atoms with Gasteiger partial charge in [-0.15, -0.1) is 0 Å². The molecule has 1 unspecified atom stereocenters. The van der Waals surface area contributed by atoms with Crippen molar-refractivity contribution in [1.29, 1.82) is 0 Å². The van der Waals surface area contributed by atoms with Crippen LogP contribution in [0, 0.1) is 0 Å². The number of rotatable bonds is 7. The van der Waals surface area contributed by atoms with Gasteiger partial charge in [0.25, 0.3) is 5.91 Å². The Kier molecular flexibility index (Phi) is 7.02. The number of methoxy groups -OCH3 is 1. The van der Waals surface area contributed by atoms with Crippen molar-refractivity contribution in [1.82, 2.24) is 14.5 Å². The second kappa shape index (κ2) is 8.83. The highest BCUT2D eigenvalue weighted by Crippen LogP contribution is 2.27. The minimum atomic E-state index is -3.63. The van der Waals surface area contributed by atoms with Gasteiger partial charge in [-0.3, -0.25) is 4.79 Å². The molecule has 0 radical (unpaired) electrons. The lowest BCUT2D eigenvalue weighted by Gasteiger charge is -2.33. The largest absolute Gasteiger partial charge is 0.496 e. The van der Waals surface area contributed by atoms with Crippen LogP contribution < -0.4 is 10.1 Å². The van der Waals surface area contributed by atoms with Crippen molar-refractivity contribution in [2.45, 2.75) is 37.6 Å². The second-order valence-electron chi connectivity index (χ2n) is 6.33. The standard InChI is InChI=1S/C18H29N3O4S/c1-5-21(6-2)26(23,24)15-9-10-17(25-4)16(12-15)18(22)20-11-7-8-14(13-20)19-3/h9-10,12,14,19H,5-8,11,13H2,1-4H3. The molecule has 0 spiro atoms. The summed E-state index contributed by atoms with van der Waals surface area (Å²) in [4.78, 5) is 14.9. The molecule has 26 heavy (non-hydrogen) atoms. The lowest BCUT2D eigenvalue weighted by Crippen LogP contribution is -2.47. The highest BCUT2D eigenvalue weighted by molar-refractivity contribution is 7.89. The maximum atomic E-state index is 13.0. The molecule has 7 nitrogen and oxygen atoms in total. The Balaban J connectivity index is 2.40. The van der Waals surface area contributed by atoms with Crippen molar-refractivity contribution >= 4 is 15.9 Å². The molecule has 146 valence electrons. The molecule has 1 amide bonds. The first kappa shape index (κ1) is 20.7. The van der Waals surface area contributed by atoms with Crippen molar-refractivity contribution in [3.63, 3.8) is 0 Å². The predicted molar refractivity (Wildman–Crippen MR) is 101 cm³/mol. The summed E-state index contributed by atoms with van der Waals surface area (Å²) in [5, 5.41) is 3.21. The predicted octanol–water partition coefficient (Wildman–Crippen LogP) is 1.55. The van der Waals surface area contributed by atoms with E-state index in [1.165, 1.54) is 23.5 Å². The van der Waals surface area contributed by atoms with Crippen LogP contribution in [0.5, 0.6) is 5.75 Å². The summed E-state index contributed by atoms with van der Waals surface area (Å²) in [6.45, 7) is 5.61. The molecule has 0 aromatic heterocycles. The lowest BCUT2D eigenvalue weighted by atomic mass is 10.0. The van der Waals surface area contributed by atoms with E-state index < -0.39 is 10.0 Å². The first-order valence-corrected chi connectivity index (χ1v) is 10.5. The average molecular weight is 384 g/mol. The van der Waals surface area contributed by atoms with Gasteiger partial charge in [-0.05, 0) is 38.1 Å². The van der Waals surface area contributed by atoms with Crippen molar-refractivity contribution in [3.8, 4) is 5.75 Å². The second-order valence-corrected chi connectivity index (χ2v) is 8.27.